The molecule has 0 saturated heterocycles. The number of carbonyl (C=O) groups is 1. The summed E-state index contributed by atoms with van der Waals surface area (Å²) in [4.78, 5) is 11.6. The summed E-state index contributed by atoms with van der Waals surface area (Å²) in [5.41, 5.74) is 8.02. The summed E-state index contributed by atoms with van der Waals surface area (Å²) in [5.74, 6) is -0.391. The van der Waals surface area contributed by atoms with E-state index in [0.29, 0.717) is 16.7 Å². The first kappa shape index (κ1) is 14.7. The minimum absolute atomic E-state index is 0.391. The first-order chi connectivity index (χ1) is 9.60. The molecule has 3 N–H and O–H groups in total. The van der Waals surface area contributed by atoms with Crippen LogP contribution in [0.25, 0.3) is 0 Å². The second-order valence-electron chi connectivity index (χ2n) is 5.71. The predicted octanol–water partition coefficient (Wildman–Crippen LogP) is 3.44. The van der Waals surface area contributed by atoms with Gasteiger partial charge in [0.25, 0.3) is 0 Å². The summed E-state index contributed by atoms with van der Waals surface area (Å²) < 4.78 is 4.74. The van der Waals surface area contributed by atoms with Gasteiger partial charge in [-0.1, -0.05) is 19.8 Å². The Bertz CT molecular complexity index is 479. The molecule has 1 fully saturated rings. The van der Waals surface area contributed by atoms with Gasteiger partial charge in [0, 0.05) is 17.9 Å². The second-order valence-corrected chi connectivity index (χ2v) is 5.71. The van der Waals surface area contributed by atoms with E-state index in [1.54, 1.807) is 12.1 Å². The molecule has 0 unspecified atom stereocenters. The summed E-state index contributed by atoms with van der Waals surface area (Å²) in [6.07, 6.45) is 6.42. The lowest BCUT2D eigenvalue weighted by molar-refractivity contribution is 0.0602. The lowest BCUT2D eigenvalue weighted by atomic mass is 9.83. The highest BCUT2D eigenvalue weighted by Gasteiger charge is 2.31. The normalized spacial score (nSPS) is 16.9. The summed E-state index contributed by atoms with van der Waals surface area (Å²) >= 11 is 0. The summed E-state index contributed by atoms with van der Waals surface area (Å²) in [5, 5.41) is 3.46. The van der Waals surface area contributed by atoms with Gasteiger partial charge in [0.15, 0.2) is 0 Å². The fourth-order valence-corrected chi connectivity index (χ4v) is 3.02. The maximum absolute atomic E-state index is 11.6. The Labute approximate surface area is 120 Å². The molecule has 0 amide bonds. The molecule has 0 atom stereocenters. The van der Waals surface area contributed by atoms with Crippen LogP contribution < -0.4 is 11.1 Å². The van der Waals surface area contributed by atoms with Gasteiger partial charge in [-0.3, -0.25) is 0 Å². The van der Waals surface area contributed by atoms with Gasteiger partial charge in [0.1, 0.15) is 0 Å². The van der Waals surface area contributed by atoms with E-state index in [2.05, 4.69) is 12.2 Å². The number of nitrogen functional groups attached to an aromatic ring is 1. The molecule has 0 aliphatic heterocycles. The van der Waals surface area contributed by atoms with Crippen LogP contribution in [0.1, 0.15) is 49.4 Å². The number of nitrogens with two attached hydrogens (primary N) is 1. The van der Waals surface area contributed by atoms with E-state index in [1.807, 2.05) is 6.07 Å². The summed E-state index contributed by atoms with van der Waals surface area (Å²) in [6, 6.07) is 5.45. The summed E-state index contributed by atoms with van der Waals surface area (Å²) in [6.45, 7) is 3.21. The molecule has 110 valence electrons. The van der Waals surface area contributed by atoms with Crippen molar-refractivity contribution in [3.8, 4) is 0 Å². The zero-order valence-corrected chi connectivity index (χ0v) is 12.4. The molecule has 1 aliphatic carbocycles. The number of esters is 1. The first-order valence-electron chi connectivity index (χ1n) is 7.32. The highest BCUT2D eigenvalue weighted by molar-refractivity contribution is 5.96. The fourth-order valence-electron chi connectivity index (χ4n) is 3.02. The molecule has 4 nitrogen and oxygen atoms in total. The SMILES string of the molecule is CCC1(CNc2ccc(N)c(C(=O)OC)c2)CCCC1. The number of benzene rings is 1. The van der Waals surface area contributed by atoms with Crippen molar-refractivity contribution in [2.24, 2.45) is 5.41 Å². The molecule has 0 heterocycles. The van der Waals surface area contributed by atoms with Crippen molar-refractivity contribution in [2.75, 3.05) is 24.7 Å². The third-order valence-corrected chi connectivity index (χ3v) is 4.54. The van der Waals surface area contributed by atoms with Crippen LogP contribution in [0, 0.1) is 5.41 Å². The van der Waals surface area contributed by atoms with Gasteiger partial charge in [-0.05, 0) is 42.9 Å². The lowest BCUT2D eigenvalue weighted by Crippen LogP contribution is -2.26. The minimum atomic E-state index is -0.391. The van der Waals surface area contributed by atoms with Crippen molar-refractivity contribution < 1.29 is 9.53 Å². The largest absolute Gasteiger partial charge is 0.465 e. The number of rotatable bonds is 5. The zero-order chi connectivity index (χ0) is 14.6. The number of hydrogen-bond acceptors (Lipinski definition) is 4. The molecule has 0 aromatic heterocycles. The van der Waals surface area contributed by atoms with Crippen LogP contribution >= 0.6 is 0 Å². The van der Waals surface area contributed by atoms with Gasteiger partial charge >= 0.3 is 5.97 Å². The molecule has 4 heteroatoms. The third-order valence-electron chi connectivity index (χ3n) is 4.54. The molecule has 0 spiro atoms. The van der Waals surface area contributed by atoms with Crippen molar-refractivity contribution >= 4 is 17.3 Å². The Morgan fingerprint density at radius 2 is 2.10 bits per heavy atom. The number of ether oxygens (including phenoxy) is 1. The molecule has 0 radical (unpaired) electrons. The van der Waals surface area contributed by atoms with Gasteiger partial charge in [-0.15, -0.1) is 0 Å². The topological polar surface area (TPSA) is 64.3 Å². The van der Waals surface area contributed by atoms with Crippen LogP contribution in [0.3, 0.4) is 0 Å². The van der Waals surface area contributed by atoms with Gasteiger partial charge in [0.05, 0.1) is 12.7 Å². The molecule has 1 aromatic rings. The Kier molecular flexibility index (Phi) is 4.53. The number of carbonyl (C=O) groups excluding carboxylic acids is 1. The van der Waals surface area contributed by atoms with Crippen LogP contribution in [0.4, 0.5) is 11.4 Å². The Morgan fingerprint density at radius 3 is 2.70 bits per heavy atom. The molecule has 20 heavy (non-hydrogen) atoms. The van der Waals surface area contributed by atoms with Gasteiger partial charge in [0.2, 0.25) is 0 Å². The molecule has 0 bridgehead atoms. The first-order valence-corrected chi connectivity index (χ1v) is 7.32. The van der Waals surface area contributed by atoms with Crippen LogP contribution in [-0.2, 0) is 4.74 Å². The smallest absolute Gasteiger partial charge is 0.340 e. The van der Waals surface area contributed by atoms with Crippen molar-refractivity contribution in [1.82, 2.24) is 0 Å². The highest BCUT2D eigenvalue weighted by atomic mass is 16.5. The van der Waals surface area contributed by atoms with Crippen LogP contribution in [0.15, 0.2) is 18.2 Å². The Balaban J connectivity index is 2.08. The molecule has 1 aromatic carbocycles. The molecule has 2 rings (SSSR count). The quantitative estimate of drug-likeness (QED) is 0.638. The van der Waals surface area contributed by atoms with Crippen molar-refractivity contribution in [3.63, 3.8) is 0 Å². The van der Waals surface area contributed by atoms with E-state index >= 15 is 0 Å². The van der Waals surface area contributed by atoms with Crippen LogP contribution in [0.2, 0.25) is 0 Å². The molecular formula is C16H24N2O2. The van der Waals surface area contributed by atoms with E-state index in [1.165, 1.54) is 39.2 Å². The van der Waals surface area contributed by atoms with E-state index in [4.69, 9.17) is 10.5 Å². The van der Waals surface area contributed by atoms with Crippen molar-refractivity contribution in [3.05, 3.63) is 23.8 Å². The Morgan fingerprint density at radius 1 is 1.40 bits per heavy atom. The maximum Gasteiger partial charge on any atom is 0.340 e. The van der Waals surface area contributed by atoms with Crippen molar-refractivity contribution in [1.29, 1.82) is 0 Å². The Hall–Kier alpha value is -1.71. The zero-order valence-electron chi connectivity index (χ0n) is 12.4. The van der Waals surface area contributed by atoms with E-state index in [9.17, 15) is 4.79 Å². The molecule has 1 aliphatic rings. The van der Waals surface area contributed by atoms with Crippen molar-refractivity contribution in [2.45, 2.75) is 39.0 Å². The number of hydrogen-bond donors (Lipinski definition) is 2. The van der Waals surface area contributed by atoms with Crippen LogP contribution in [0.5, 0.6) is 0 Å². The number of anilines is 2. The fraction of sp³-hybridized carbons (Fsp3) is 0.562. The minimum Gasteiger partial charge on any atom is -0.465 e. The van der Waals surface area contributed by atoms with Gasteiger partial charge in [-0.25, -0.2) is 4.79 Å². The molecular weight excluding hydrogens is 252 g/mol. The van der Waals surface area contributed by atoms with Crippen LogP contribution in [-0.4, -0.2) is 19.6 Å². The third kappa shape index (κ3) is 3.06. The standard InChI is InChI=1S/C16H24N2O2/c1-3-16(8-4-5-9-16)11-18-12-6-7-14(17)13(10-12)15(19)20-2/h6-7,10,18H,3-5,8-9,11,17H2,1-2H3. The monoisotopic (exact) mass is 276 g/mol. The van der Waals surface area contributed by atoms with E-state index in [-0.39, 0.29) is 0 Å². The average molecular weight is 276 g/mol. The predicted molar refractivity (Wildman–Crippen MR) is 81.9 cm³/mol. The van der Waals surface area contributed by atoms with Gasteiger partial charge in [-0.2, -0.15) is 0 Å². The lowest BCUT2D eigenvalue weighted by Gasteiger charge is -2.28. The van der Waals surface area contributed by atoms with Gasteiger partial charge < -0.3 is 15.8 Å². The average Bonchev–Trinajstić information content (AvgIpc) is 2.95. The second kappa shape index (κ2) is 6.16. The maximum atomic E-state index is 11.6. The number of nitrogens with one attached hydrogen (secondary N) is 1. The summed E-state index contributed by atoms with van der Waals surface area (Å²) in [7, 11) is 1.37. The molecule has 1 saturated carbocycles. The highest BCUT2D eigenvalue weighted by Crippen LogP contribution is 2.41. The number of methoxy groups -OCH3 is 1. The van der Waals surface area contributed by atoms with E-state index < -0.39 is 5.97 Å². The van der Waals surface area contributed by atoms with E-state index in [0.717, 1.165) is 12.2 Å².